The van der Waals surface area contributed by atoms with Crippen molar-refractivity contribution in [3.63, 3.8) is 0 Å². The van der Waals surface area contributed by atoms with E-state index >= 15 is 0 Å². The molecule has 0 amide bonds. The van der Waals surface area contributed by atoms with Gasteiger partial charge in [-0.3, -0.25) is 5.32 Å². The maximum Gasteiger partial charge on any atom is 0.211 e. The predicted octanol–water partition coefficient (Wildman–Crippen LogP) is 3.85. The first-order valence-corrected chi connectivity index (χ1v) is 6.80. The van der Waals surface area contributed by atoms with Gasteiger partial charge in [0.2, 0.25) is 5.89 Å². The van der Waals surface area contributed by atoms with E-state index in [1.54, 1.807) is 17.5 Å². The standard InChI is InChI=1S/C13H18N2OS/c1-4-11(12-6-5-7-17-12)15-10(3)13-14-8-9(2)16-13/h5-8,10-11,15H,4H2,1-3H3. The van der Waals surface area contributed by atoms with Crippen LogP contribution in [0.15, 0.2) is 28.1 Å². The molecule has 0 aliphatic rings. The maximum atomic E-state index is 5.54. The number of oxazole rings is 1. The molecule has 2 aromatic rings. The molecule has 1 N–H and O–H groups in total. The van der Waals surface area contributed by atoms with Crippen LogP contribution in [0.1, 0.15) is 48.9 Å². The molecule has 2 rings (SSSR count). The van der Waals surface area contributed by atoms with Gasteiger partial charge in [0, 0.05) is 10.9 Å². The summed E-state index contributed by atoms with van der Waals surface area (Å²) >= 11 is 1.78. The van der Waals surface area contributed by atoms with E-state index in [2.05, 4.69) is 41.7 Å². The summed E-state index contributed by atoms with van der Waals surface area (Å²) in [5, 5.41) is 5.66. The van der Waals surface area contributed by atoms with Crippen LogP contribution in [-0.2, 0) is 0 Å². The summed E-state index contributed by atoms with van der Waals surface area (Å²) in [4.78, 5) is 5.62. The predicted molar refractivity (Wildman–Crippen MR) is 70.1 cm³/mol. The molecule has 2 atom stereocenters. The molecule has 0 saturated carbocycles. The first kappa shape index (κ1) is 12.3. The lowest BCUT2D eigenvalue weighted by Gasteiger charge is -2.19. The van der Waals surface area contributed by atoms with E-state index in [9.17, 15) is 0 Å². The van der Waals surface area contributed by atoms with Crippen molar-refractivity contribution in [1.82, 2.24) is 10.3 Å². The summed E-state index contributed by atoms with van der Waals surface area (Å²) in [5.74, 6) is 1.62. The number of aryl methyl sites for hydroxylation is 1. The van der Waals surface area contributed by atoms with Gasteiger partial charge in [-0.2, -0.15) is 0 Å². The van der Waals surface area contributed by atoms with Crippen molar-refractivity contribution in [2.45, 2.75) is 39.3 Å². The minimum atomic E-state index is 0.135. The highest BCUT2D eigenvalue weighted by atomic mass is 32.1. The molecule has 0 spiro atoms. The van der Waals surface area contributed by atoms with Gasteiger partial charge in [-0.25, -0.2) is 4.98 Å². The van der Waals surface area contributed by atoms with Crippen LogP contribution >= 0.6 is 11.3 Å². The first-order chi connectivity index (χ1) is 8.20. The monoisotopic (exact) mass is 250 g/mol. The number of rotatable bonds is 5. The Morgan fingerprint density at radius 3 is 2.88 bits per heavy atom. The van der Waals surface area contributed by atoms with Gasteiger partial charge in [0.25, 0.3) is 0 Å². The number of hydrogen-bond donors (Lipinski definition) is 1. The van der Waals surface area contributed by atoms with Crippen molar-refractivity contribution in [3.8, 4) is 0 Å². The van der Waals surface area contributed by atoms with E-state index in [1.807, 2.05) is 6.92 Å². The van der Waals surface area contributed by atoms with Crippen LogP contribution in [0.2, 0.25) is 0 Å². The molecular weight excluding hydrogens is 232 g/mol. The Morgan fingerprint density at radius 1 is 1.53 bits per heavy atom. The van der Waals surface area contributed by atoms with Gasteiger partial charge in [0.1, 0.15) is 5.76 Å². The van der Waals surface area contributed by atoms with Crippen LogP contribution in [0.3, 0.4) is 0 Å². The molecule has 3 nitrogen and oxygen atoms in total. The molecule has 2 aromatic heterocycles. The van der Waals surface area contributed by atoms with Crippen LogP contribution < -0.4 is 5.32 Å². The average Bonchev–Trinajstić information content (AvgIpc) is 2.96. The molecule has 92 valence electrons. The molecule has 2 unspecified atom stereocenters. The van der Waals surface area contributed by atoms with Gasteiger partial charge in [-0.1, -0.05) is 13.0 Å². The van der Waals surface area contributed by atoms with Crippen molar-refractivity contribution in [1.29, 1.82) is 0 Å². The third-order valence-corrected chi connectivity index (χ3v) is 3.74. The Balaban J connectivity index is 2.04. The number of thiophene rings is 1. The summed E-state index contributed by atoms with van der Waals surface area (Å²) in [6, 6.07) is 4.76. The number of nitrogens with zero attached hydrogens (tertiary/aromatic N) is 1. The van der Waals surface area contributed by atoms with Crippen molar-refractivity contribution < 1.29 is 4.42 Å². The van der Waals surface area contributed by atoms with E-state index in [-0.39, 0.29) is 6.04 Å². The first-order valence-electron chi connectivity index (χ1n) is 5.92. The topological polar surface area (TPSA) is 38.1 Å². The smallest absolute Gasteiger partial charge is 0.211 e. The number of aromatic nitrogens is 1. The molecule has 2 heterocycles. The van der Waals surface area contributed by atoms with Gasteiger partial charge in [-0.05, 0) is 31.7 Å². The highest BCUT2D eigenvalue weighted by Crippen LogP contribution is 2.25. The van der Waals surface area contributed by atoms with Crippen LogP contribution in [-0.4, -0.2) is 4.98 Å². The molecule has 0 radical (unpaired) electrons. The Hall–Kier alpha value is -1.13. The number of hydrogen-bond acceptors (Lipinski definition) is 4. The molecular formula is C13H18N2OS. The minimum Gasteiger partial charge on any atom is -0.444 e. The minimum absolute atomic E-state index is 0.135. The lowest BCUT2D eigenvalue weighted by atomic mass is 10.1. The van der Waals surface area contributed by atoms with Crippen molar-refractivity contribution in [2.75, 3.05) is 0 Å². The fraction of sp³-hybridized carbons (Fsp3) is 0.462. The SMILES string of the molecule is CCC(NC(C)c1ncc(C)o1)c1cccs1. The van der Waals surface area contributed by atoms with Crippen molar-refractivity contribution in [2.24, 2.45) is 0 Å². The molecule has 0 bridgehead atoms. The zero-order valence-electron chi connectivity index (χ0n) is 10.4. The van der Waals surface area contributed by atoms with E-state index in [0.29, 0.717) is 6.04 Å². The van der Waals surface area contributed by atoms with Gasteiger partial charge < -0.3 is 4.42 Å². The lowest BCUT2D eigenvalue weighted by Crippen LogP contribution is -2.23. The summed E-state index contributed by atoms with van der Waals surface area (Å²) in [5.41, 5.74) is 0. The zero-order chi connectivity index (χ0) is 12.3. The normalized spacial score (nSPS) is 14.8. The van der Waals surface area contributed by atoms with Gasteiger partial charge in [0.15, 0.2) is 0 Å². The van der Waals surface area contributed by atoms with Crippen LogP contribution in [0.5, 0.6) is 0 Å². The van der Waals surface area contributed by atoms with Crippen LogP contribution in [0.4, 0.5) is 0 Å². The average molecular weight is 250 g/mol. The summed E-state index contributed by atoms with van der Waals surface area (Å²) in [6.07, 6.45) is 2.82. The van der Waals surface area contributed by atoms with Gasteiger partial charge in [0.05, 0.1) is 12.2 Å². The third-order valence-electron chi connectivity index (χ3n) is 2.76. The Morgan fingerprint density at radius 2 is 2.35 bits per heavy atom. The fourth-order valence-corrected chi connectivity index (χ4v) is 2.71. The molecule has 0 aliphatic carbocycles. The van der Waals surface area contributed by atoms with E-state index in [1.165, 1.54) is 4.88 Å². The lowest BCUT2D eigenvalue weighted by molar-refractivity contribution is 0.369. The Labute approximate surface area is 106 Å². The highest BCUT2D eigenvalue weighted by molar-refractivity contribution is 7.10. The third kappa shape index (κ3) is 2.96. The molecule has 17 heavy (non-hydrogen) atoms. The molecule has 0 fully saturated rings. The van der Waals surface area contributed by atoms with Gasteiger partial charge >= 0.3 is 0 Å². The van der Waals surface area contributed by atoms with E-state index < -0.39 is 0 Å². The largest absolute Gasteiger partial charge is 0.444 e. The Bertz CT molecular complexity index is 450. The molecule has 0 aromatic carbocycles. The maximum absolute atomic E-state index is 5.54. The second-order valence-corrected chi connectivity index (χ2v) is 5.15. The second-order valence-electron chi connectivity index (χ2n) is 4.17. The molecule has 0 saturated heterocycles. The summed E-state index contributed by atoms with van der Waals surface area (Å²) < 4.78 is 5.54. The molecule has 0 aliphatic heterocycles. The second kappa shape index (κ2) is 5.47. The zero-order valence-corrected chi connectivity index (χ0v) is 11.3. The van der Waals surface area contributed by atoms with E-state index in [4.69, 9.17) is 4.42 Å². The van der Waals surface area contributed by atoms with Crippen LogP contribution in [0, 0.1) is 6.92 Å². The van der Waals surface area contributed by atoms with Crippen molar-refractivity contribution >= 4 is 11.3 Å². The summed E-state index contributed by atoms with van der Waals surface area (Å²) in [7, 11) is 0. The number of nitrogens with one attached hydrogen (secondary N) is 1. The Kier molecular flexibility index (Phi) is 3.97. The van der Waals surface area contributed by atoms with E-state index in [0.717, 1.165) is 18.1 Å². The highest BCUT2D eigenvalue weighted by Gasteiger charge is 2.17. The van der Waals surface area contributed by atoms with Gasteiger partial charge in [-0.15, -0.1) is 11.3 Å². The fourth-order valence-electron chi connectivity index (χ4n) is 1.84. The van der Waals surface area contributed by atoms with Crippen LogP contribution in [0.25, 0.3) is 0 Å². The molecule has 4 heteroatoms. The quantitative estimate of drug-likeness (QED) is 0.876. The summed E-state index contributed by atoms with van der Waals surface area (Å²) in [6.45, 7) is 6.19. The van der Waals surface area contributed by atoms with Crippen molar-refractivity contribution in [3.05, 3.63) is 40.2 Å².